The number of nitrogens with zero attached hydrogens (tertiary/aromatic N) is 7. The van der Waals surface area contributed by atoms with Gasteiger partial charge in [-0.25, -0.2) is 4.79 Å². The normalized spacial score (nSPS) is 14.4. The predicted octanol–water partition coefficient (Wildman–Crippen LogP) is 8.63. The highest BCUT2D eigenvalue weighted by Gasteiger charge is 2.38. The van der Waals surface area contributed by atoms with Crippen molar-refractivity contribution >= 4 is 62.6 Å². The Morgan fingerprint density at radius 2 is 1.80 bits per heavy atom. The van der Waals surface area contributed by atoms with Gasteiger partial charge in [0, 0.05) is 58.4 Å². The van der Waals surface area contributed by atoms with Gasteiger partial charge in [-0.3, -0.25) is 9.48 Å². The SMILES string of the molecule is Cc1cc(OCCCc2c3n(c4c(-c5c(C)nn(C)c5C)c(Cl)ccc24)[C@H](C)CN(c2cn(Cc4cn[nH]n4)c4ccc(C(=O)O)cc24)C3=O)cc(C)c1Cl. The molecule has 1 amide bonds. The highest BCUT2D eigenvalue weighted by atomic mass is 35.5. The number of carbonyl (C=O) groups is 2. The number of aromatic amines is 1. The second-order valence-corrected chi connectivity index (χ2v) is 15.2. The van der Waals surface area contributed by atoms with E-state index in [-0.39, 0.29) is 17.5 Å². The van der Waals surface area contributed by atoms with E-state index in [1.807, 2.05) is 74.5 Å². The van der Waals surface area contributed by atoms with Crippen LogP contribution >= 0.6 is 23.2 Å². The van der Waals surface area contributed by atoms with Crippen molar-refractivity contribution in [2.75, 3.05) is 18.1 Å². The summed E-state index contributed by atoms with van der Waals surface area (Å²) in [5.74, 6) is -0.482. The van der Waals surface area contributed by atoms with Crippen LogP contribution in [0.5, 0.6) is 5.75 Å². The van der Waals surface area contributed by atoms with E-state index in [9.17, 15) is 9.90 Å². The second kappa shape index (κ2) is 13.9. The number of carboxylic acid groups (broad SMARTS) is 1. The summed E-state index contributed by atoms with van der Waals surface area (Å²) in [4.78, 5) is 29.2. The number of H-pyrrole nitrogens is 1. The lowest BCUT2D eigenvalue weighted by molar-refractivity contribution is 0.0696. The van der Waals surface area contributed by atoms with E-state index in [4.69, 9.17) is 33.0 Å². The molecular weight excluding hydrogens is 739 g/mol. The summed E-state index contributed by atoms with van der Waals surface area (Å²) in [7, 11) is 1.92. The topological polar surface area (TPSA) is 136 Å². The maximum atomic E-state index is 15.2. The van der Waals surface area contributed by atoms with Crippen LogP contribution in [0.4, 0.5) is 5.69 Å². The first-order valence-electron chi connectivity index (χ1n) is 18.1. The quantitative estimate of drug-likeness (QED) is 0.133. The van der Waals surface area contributed by atoms with Crippen molar-refractivity contribution in [3.8, 4) is 16.9 Å². The number of rotatable bonds is 10. The summed E-state index contributed by atoms with van der Waals surface area (Å²) in [6.07, 6.45) is 4.74. The lowest BCUT2D eigenvalue weighted by Gasteiger charge is -2.34. The summed E-state index contributed by atoms with van der Waals surface area (Å²) >= 11 is 13.5. The average Bonchev–Trinajstić information content (AvgIpc) is 3.92. The molecule has 1 aliphatic rings. The predicted molar refractivity (Wildman–Crippen MR) is 214 cm³/mol. The third-order valence-corrected chi connectivity index (χ3v) is 11.7. The molecule has 3 aromatic carbocycles. The number of halogens is 2. The highest BCUT2D eigenvalue weighted by Crippen LogP contribution is 2.46. The van der Waals surface area contributed by atoms with Gasteiger partial charge in [-0.05, 0) is 101 Å². The van der Waals surface area contributed by atoms with Gasteiger partial charge in [-0.1, -0.05) is 29.3 Å². The molecule has 0 fully saturated rings. The summed E-state index contributed by atoms with van der Waals surface area (Å²) < 4.78 is 12.2. The summed E-state index contributed by atoms with van der Waals surface area (Å²) in [5, 5.41) is 28.4. The minimum absolute atomic E-state index is 0.132. The highest BCUT2D eigenvalue weighted by molar-refractivity contribution is 6.35. The number of anilines is 1. The molecule has 0 bridgehead atoms. The molecule has 0 unspecified atom stereocenters. The van der Waals surface area contributed by atoms with E-state index in [1.54, 1.807) is 29.3 Å². The zero-order valence-corrected chi connectivity index (χ0v) is 32.9. The Bertz CT molecular complexity index is 2650. The van der Waals surface area contributed by atoms with Crippen LogP contribution in [0.2, 0.25) is 10.0 Å². The smallest absolute Gasteiger partial charge is 0.335 e. The molecule has 0 spiro atoms. The van der Waals surface area contributed by atoms with Crippen LogP contribution in [0.3, 0.4) is 0 Å². The number of hydrogen-bond acceptors (Lipinski definition) is 6. The van der Waals surface area contributed by atoms with Crippen molar-refractivity contribution in [3.05, 3.63) is 110 Å². The number of aromatic carboxylic acids is 1. The Labute approximate surface area is 327 Å². The zero-order chi connectivity index (χ0) is 38.9. The summed E-state index contributed by atoms with van der Waals surface area (Å²) in [5.41, 5.74) is 10.1. The van der Waals surface area contributed by atoms with Crippen molar-refractivity contribution in [2.45, 2.75) is 60.0 Å². The van der Waals surface area contributed by atoms with Gasteiger partial charge in [0.25, 0.3) is 5.91 Å². The number of amides is 1. The molecule has 282 valence electrons. The number of carbonyl (C=O) groups excluding carboxylic acids is 1. The Balaban J connectivity index is 1.27. The van der Waals surface area contributed by atoms with Crippen molar-refractivity contribution in [2.24, 2.45) is 7.05 Å². The number of carboxylic acids is 1. The molecule has 7 aromatic rings. The molecule has 14 heteroatoms. The molecule has 8 rings (SSSR count). The first kappa shape index (κ1) is 36.4. The fraction of sp³-hybridized carbons (Fsp3) is 0.293. The molecule has 0 radical (unpaired) electrons. The van der Waals surface area contributed by atoms with E-state index in [0.29, 0.717) is 60.0 Å². The van der Waals surface area contributed by atoms with Crippen molar-refractivity contribution in [1.29, 1.82) is 0 Å². The molecule has 0 aliphatic carbocycles. The van der Waals surface area contributed by atoms with Crippen molar-refractivity contribution < 1.29 is 19.4 Å². The molecule has 0 saturated heterocycles. The largest absolute Gasteiger partial charge is 0.494 e. The van der Waals surface area contributed by atoms with Crippen LogP contribution in [0.25, 0.3) is 32.9 Å². The van der Waals surface area contributed by atoms with Gasteiger partial charge in [-0.2, -0.15) is 20.5 Å². The number of aromatic nitrogens is 7. The maximum absolute atomic E-state index is 15.2. The third kappa shape index (κ3) is 6.13. The van der Waals surface area contributed by atoms with Crippen molar-refractivity contribution in [1.82, 2.24) is 34.3 Å². The monoisotopic (exact) mass is 778 g/mol. The van der Waals surface area contributed by atoms with Gasteiger partial charge in [0.15, 0.2) is 0 Å². The third-order valence-electron chi connectivity index (χ3n) is 10.8. The minimum atomic E-state index is -1.05. The summed E-state index contributed by atoms with van der Waals surface area (Å²) in [6.45, 7) is 11.2. The lowest BCUT2D eigenvalue weighted by atomic mass is 9.98. The van der Waals surface area contributed by atoms with E-state index < -0.39 is 5.97 Å². The minimum Gasteiger partial charge on any atom is -0.494 e. The van der Waals surface area contributed by atoms with Crippen molar-refractivity contribution in [3.63, 3.8) is 0 Å². The number of nitrogens with one attached hydrogen (secondary N) is 1. The van der Waals surface area contributed by atoms with E-state index in [1.165, 1.54) is 0 Å². The van der Waals surface area contributed by atoms with E-state index >= 15 is 4.79 Å². The summed E-state index contributed by atoms with van der Waals surface area (Å²) in [6, 6.07) is 12.6. The zero-order valence-electron chi connectivity index (χ0n) is 31.4. The Hall–Kier alpha value is -5.59. The Morgan fingerprint density at radius 1 is 1.04 bits per heavy atom. The fourth-order valence-corrected chi connectivity index (χ4v) is 8.53. The molecule has 1 aliphatic heterocycles. The average molecular weight is 780 g/mol. The standard InChI is InChI=1S/C41H40Cl2N8O4/c1-21-14-28(15-22(2)37(21)43)55-13-7-8-29-30-10-11-32(42)36(35-24(4)46-48(6)25(35)5)38(30)51-23(3)18-50(40(52)39(29)51)34-20-49(19-27-17-44-47-45-27)33-12-9-26(41(53)54)16-31(33)34/h9-12,14-17,20,23H,7-8,13,18-19H2,1-6H3,(H,53,54)(H,44,45,47)/t23-/m1/s1. The van der Waals surface area contributed by atoms with E-state index in [0.717, 1.165) is 66.4 Å². The van der Waals surface area contributed by atoms with Crippen LogP contribution in [0, 0.1) is 27.7 Å². The maximum Gasteiger partial charge on any atom is 0.335 e. The van der Waals surface area contributed by atoms with Crippen LogP contribution in [-0.2, 0) is 20.0 Å². The van der Waals surface area contributed by atoms with Gasteiger partial charge < -0.3 is 23.9 Å². The number of hydrogen-bond donors (Lipinski definition) is 2. The second-order valence-electron chi connectivity index (χ2n) is 14.4. The Morgan fingerprint density at radius 3 is 2.47 bits per heavy atom. The number of ether oxygens (including phenoxy) is 1. The molecule has 0 saturated carbocycles. The fourth-order valence-electron chi connectivity index (χ4n) is 8.17. The molecule has 55 heavy (non-hydrogen) atoms. The van der Waals surface area contributed by atoms with Crippen LogP contribution in [0.1, 0.15) is 74.0 Å². The van der Waals surface area contributed by atoms with Crippen LogP contribution in [0.15, 0.2) is 54.9 Å². The first-order valence-corrected chi connectivity index (χ1v) is 18.9. The number of aryl methyl sites for hydroxylation is 5. The van der Waals surface area contributed by atoms with Gasteiger partial charge in [0.05, 0.1) is 52.3 Å². The first-order chi connectivity index (χ1) is 26.3. The lowest BCUT2D eigenvalue weighted by Crippen LogP contribution is -2.42. The number of benzene rings is 3. The van der Waals surface area contributed by atoms with Crippen LogP contribution in [-0.4, -0.2) is 64.5 Å². The van der Waals surface area contributed by atoms with Crippen LogP contribution < -0.4 is 9.64 Å². The molecule has 4 aromatic heterocycles. The Kier molecular flexibility index (Phi) is 9.21. The van der Waals surface area contributed by atoms with E-state index in [2.05, 4.69) is 26.9 Å². The molecule has 1 atom stereocenters. The molecular formula is C41H40Cl2N8O4. The molecule has 5 heterocycles. The van der Waals surface area contributed by atoms with Gasteiger partial charge in [0.2, 0.25) is 0 Å². The molecule has 2 N–H and O–H groups in total. The van der Waals surface area contributed by atoms with Gasteiger partial charge in [-0.15, -0.1) is 0 Å². The van der Waals surface area contributed by atoms with Gasteiger partial charge >= 0.3 is 5.97 Å². The number of fused-ring (bicyclic) bond motifs is 4. The van der Waals surface area contributed by atoms with Gasteiger partial charge in [0.1, 0.15) is 17.1 Å². The molecule has 12 nitrogen and oxygen atoms in total.